The van der Waals surface area contributed by atoms with Crippen molar-refractivity contribution in [3.8, 4) is 11.5 Å². The van der Waals surface area contributed by atoms with E-state index in [1.54, 1.807) is 18.2 Å². The first-order valence-electron chi connectivity index (χ1n) is 6.35. The van der Waals surface area contributed by atoms with Crippen LogP contribution in [0.2, 0.25) is 0 Å². The van der Waals surface area contributed by atoms with E-state index in [-0.39, 0.29) is 16.9 Å². The van der Waals surface area contributed by atoms with E-state index >= 15 is 0 Å². The number of methoxy groups -OCH3 is 1. The molecular weight excluding hydrogens is 288 g/mol. The van der Waals surface area contributed by atoms with Crippen molar-refractivity contribution in [3.63, 3.8) is 0 Å². The average Bonchev–Trinajstić information content (AvgIpc) is 2.81. The number of ether oxygens (including phenoxy) is 3. The molecular formula is C16H10O6. The molecule has 6 nitrogen and oxygen atoms in total. The van der Waals surface area contributed by atoms with E-state index in [9.17, 15) is 14.4 Å². The topological polar surface area (TPSA) is 78.9 Å². The highest BCUT2D eigenvalue weighted by atomic mass is 16.6. The molecule has 0 saturated heterocycles. The Hall–Kier alpha value is -3.15. The van der Waals surface area contributed by atoms with Crippen LogP contribution in [0.25, 0.3) is 0 Å². The predicted octanol–water partition coefficient (Wildman–Crippen LogP) is 2.22. The molecule has 0 saturated carbocycles. The summed E-state index contributed by atoms with van der Waals surface area (Å²) < 4.78 is 14.7. The lowest BCUT2D eigenvalue weighted by Crippen LogP contribution is -2.09. The Kier molecular flexibility index (Phi) is 3.34. The first kappa shape index (κ1) is 13.8. The molecule has 2 aromatic carbocycles. The van der Waals surface area contributed by atoms with Gasteiger partial charge in [-0.2, -0.15) is 0 Å². The Balaban J connectivity index is 1.84. The lowest BCUT2D eigenvalue weighted by molar-refractivity contribution is 0.0442. The van der Waals surface area contributed by atoms with E-state index in [1.165, 1.54) is 31.4 Å². The minimum Gasteiger partial charge on any atom is -0.497 e. The summed E-state index contributed by atoms with van der Waals surface area (Å²) in [6, 6.07) is 10.6. The predicted molar refractivity (Wildman–Crippen MR) is 74.1 cm³/mol. The van der Waals surface area contributed by atoms with E-state index in [4.69, 9.17) is 9.47 Å². The number of rotatable bonds is 3. The normalized spacial score (nSPS) is 12.6. The molecule has 0 bridgehead atoms. The van der Waals surface area contributed by atoms with Gasteiger partial charge >= 0.3 is 17.9 Å². The van der Waals surface area contributed by atoms with Gasteiger partial charge in [0.15, 0.2) is 0 Å². The average molecular weight is 298 g/mol. The van der Waals surface area contributed by atoms with Gasteiger partial charge in [0.25, 0.3) is 0 Å². The SMILES string of the molecule is COc1cccc(C(=O)Oc2ccc3c(c2)C(=O)OC3=O)c1. The first-order chi connectivity index (χ1) is 10.6. The van der Waals surface area contributed by atoms with Gasteiger partial charge in [-0.05, 0) is 36.4 Å². The number of carbonyl (C=O) groups excluding carboxylic acids is 3. The Morgan fingerprint density at radius 2 is 1.73 bits per heavy atom. The third kappa shape index (κ3) is 2.42. The van der Waals surface area contributed by atoms with E-state index in [0.29, 0.717) is 11.3 Å². The lowest BCUT2D eigenvalue weighted by atomic mass is 10.1. The molecule has 22 heavy (non-hydrogen) atoms. The fourth-order valence-electron chi connectivity index (χ4n) is 2.04. The fraction of sp³-hybridized carbons (Fsp3) is 0.0625. The first-order valence-corrected chi connectivity index (χ1v) is 6.35. The van der Waals surface area contributed by atoms with Crippen molar-refractivity contribution in [2.24, 2.45) is 0 Å². The molecule has 0 fully saturated rings. The Morgan fingerprint density at radius 3 is 2.50 bits per heavy atom. The van der Waals surface area contributed by atoms with Crippen molar-refractivity contribution in [3.05, 3.63) is 59.2 Å². The van der Waals surface area contributed by atoms with Crippen molar-refractivity contribution < 1.29 is 28.6 Å². The molecule has 1 heterocycles. The van der Waals surface area contributed by atoms with Crippen LogP contribution in [-0.4, -0.2) is 25.0 Å². The molecule has 1 aliphatic heterocycles. The zero-order valence-corrected chi connectivity index (χ0v) is 11.5. The third-order valence-corrected chi connectivity index (χ3v) is 3.13. The molecule has 110 valence electrons. The number of hydrogen-bond acceptors (Lipinski definition) is 6. The fourth-order valence-corrected chi connectivity index (χ4v) is 2.04. The minimum absolute atomic E-state index is 0.0842. The summed E-state index contributed by atoms with van der Waals surface area (Å²) in [5, 5.41) is 0. The number of carbonyl (C=O) groups is 3. The number of cyclic esters (lactones) is 2. The van der Waals surface area contributed by atoms with Gasteiger partial charge in [-0.1, -0.05) is 6.07 Å². The van der Waals surface area contributed by atoms with Gasteiger partial charge < -0.3 is 14.2 Å². The maximum absolute atomic E-state index is 12.1. The van der Waals surface area contributed by atoms with Crippen LogP contribution in [0.4, 0.5) is 0 Å². The van der Waals surface area contributed by atoms with Crippen LogP contribution in [0.15, 0.2) is 42.5 Å². The second kappa shape index (κ2) is 5.33. The monoisotopic (exact) mass is 298 g/mol. The van der Waals surface area contributed by atoms with Crippen molar-refractivity contribution >= 4 is 17.9 Å². The molecule has 0 atom stereocenters. The lowest BCUT2D eigenvalue weighted by Gasteiger charge is -2.06. The van der Waals surface area contributed by atoms with Crippen LogP contribution >= 0.6 is 0 Å². The van der Waals surface area contributed by atoms with Crippen LogP contribution in [0.1, 0.15) is 31.1 Å². The Labute approximate surface area is 125 Å². The van der Waals surface area contributed by atoms with Crippen LogP contribution < -0.4 is 9.47 Å². The van der Waals surface area contributed by atoms with Gasteiger partial charge in [0.1, 0.15) is 11.5 Å². The number of esters is 3. The maximum Gasteiger partial charge on any atom is 0.347 e. The Morgan fingerprint density at radius 1 is 0.955 bits per heavy atom. The molecule has 1 aliphatic rings. The number of benzene rings is 2. The van der Waals surface area contributed by atoms with Gasteiger partial charge in [0.2, 0.25) is 0 Å². The quantitative estimate of drug-likeness (QED) is 0.491. The molecule has 0 unspecified atom stereocenters. The minimum atomic E-state index is -0.751. The van der Waals surface area contributed by atoms with Crippen molar-refractivity contribution in [2.75, 3.05) is 7.11 Å². The van der Waals surface area contributed by atoms with Crippen LogP contribution in [0, 0.1) is 0 Å². The maximum atomic E-state index is 12.1. The van der Waals surface area contributed by atoms with E-state index in [2.05, 4.69) is 4.74 Å². The standard InChI is InChI=1S/C16H10O6/c1-20-10-4-2-3-9(7-10)14(17)21-11-5-6-12-13(8-11)16(19)22-15(12)18/h2-8H,1H3. The molecule has 0 radical (unpaired) electrons. The molecule has 2 aromatic rings. The van der Waals surface area contributed by atoms with Crippen LogP contribution in [-0.2, 0) is 4.74 Å². The van der Waals surface area contributed by atoms with Crippen molar-refractivity contribution in [1.82, 2.24) is 0 Å². The van der Waals surface area contributed by atoms with Crippen molar-refractivity contribution in [1.29, 1.82) is 0 Å². The van der Waals surface area contributed by atoms with Gasteiger partial charge in [0.05, 0.1) is 23.8 Å². The van der Waals surface area contributed by atoms with Crippen LogP contribution in [0.5, 0.6) is 11.5 Å². The van der Waals surface area contributed by atoms with Crippen LogP contribution in [0.3, 0.4) is 0 Å². The van der Waals surface area contributed by atoms with Crippen molar-refractivity contribution in [2.45, 2.75) is 0 Å². The molecule has 0 spiro atoms. The smallest absolute Gasteiger partial charge is 0.347 e. The highest BCUT2D eigenvalue weighted by molar-refractivity contribution is 6.14. The molecule has 0 N–H and O–H groups in total. The molecule has 0 aromatic heterocycles. The summed E-state index contributed by atoms with van der Waals surface area (Å²) in [5.41, 5.74) is 0.547. The summed E-state index contributed by atoms with van der Waals surface area (Å²) >= 11 is 0. The van der Waals surface area contributed by atoms with E-state index < -0.39 is 17.9 Å². The highest BCUT2D eigenvalue weighted by Crippen LogP contribution is 2.25. The van der Waals surface area contributed by atoms with E-state index in [0.717, 1.165) is 0 Å². The number of hydrogen-bond donors (Lipinski definition) is 0. The summed E-state index contributed by atoms with van der Waals surface area (Å²) in [7, 11) is 1.49. The van der Waals surface area contributed by atoms with E-state index in [1.807, 2.05) is 0 Å². The molecule has 3 rings (SSSR count). The molecule has 0 amide bonds. The summed E-state index contributed by atoms with van der Waals surface area (Å²) in [6.07, 6.45) is 0. The second-order valence-electron chi connectivity index (χ2n) is 4.51. The Bertz CT molecular complexity index is 793. The molecule has 6 heteroatoms. The van der Waals surface area contributed by atoms with Gasteiger partial charge in [-0.25, -0.2) is 14.4 Å². The summed E-state index contributed by atoms with van der Waals surface area (Å²) in [4.78, 5) is 34.9. The van der Waals surface area contributed by atoms with Gasteiger partial charge in [-0.3, -0.25) is 0 Å². The zero-order chi connectivity index (χ0) is 15.7. The highest BCUT2D eigenvalue weighted by Gasteiger charge is 2.30. The van der Waals surface area contributed by atoms with Gasteiger partial charge in [0, 0.05) is 0 Å². The third-order valence-electron chi connectivity index (χ3n) is 3.13. The largest absolute Gasteiger partial charge is 0.497 e. The summed E-state index contributed by atoms with van der Waals surface area (Å²) in [5.74, 6) is -1.38. The summed E-state index contributed by atoms with van der Waals surface area (Å²) in [6.45, 7) is 0. The molecule has 0 aliphatic carbocycles. The number of fused-ring (bicyclic) bond motifs is 1. The second-order valence-corrected chi connectivity index (χ2v) is 4.51. The zero-order valence-electron chi connectivity index (χ0n) is 11.5. The van der Waals surface area contributed by atoms with Gasteiger partial charge in [-0.15, -0.1) is 0 Å².